The van der Waals surface area contributed by atoms with Crippen LogP contribution in [0.5, 0.6) is 0 Å². The normalized spacial score (nSPS) is 24.2. The highest BCUT2D eigenvalue weighted by molar-refractivity contribution is 5.89. The summed E-state index contributed by atoms with van der Waals surface area (Å²) in [6, 6.07) is 7.69. The summed E-state index contributed by atoms with van der Waals surface area (Å²) in [6.45, 7) is 0.776. The number of aliphatic hydroxyl groups excluding tert-OH is 1. The molecule has 2 fully saturated rings. The lowest BCUT2D eigenvalue weighted by atomic mass is 10.1. The molecule has 0 aliphatic heterocycles. The number of ether oxygens (including phenoxy) is 1. The molecule has 3 rings (SSSR count). The molecule has 5 heteroatoms. The van der Waals surface area contributed by atoms with Gasteiger partial charge in [-0.3, -0.25) is 0 Å². The molecule has 0 bridgehead atoms. The van der Waals surface area contributed by atoms with Gasteiger partial charge in [-0.2, -0.15) is 0 Å². The molecule has 1 aromatic rings. The molecular weight excluding hydrogens is 304 g/mol. The Morgan fingerprint density at radius 2 is 1.83 bits per heavy atom. The van der Waals surface area contributed by atoms with Crippen LogP contribution in [0.25, 0.3) is 0 Å². The lowest BCUT2D eigenvalue weighted by molar-refractivity contribution is 0.0457. The molecule has 2 aliphatic carbocycles. The number of urea groups is 1. The number of carbonyl (C=O) groups is 1. The van der Waals surface area contributed by atoms with Crippen molar-refractivity contribution in [2.45, 2.75) is 63.7 Å². The van der Waals surface area contributed by atoms with E-state index in [0.717, 1.165) is 30.5 Å². The highest BCUT2D eigenvalue weighted by Crippen LogP contribution is 2.25. The van der Waals surface area contributed by atoms with E-state index in [1.807, 2.05) is 24.3 Å². The van der Waals surface area contributed by atoms with Crippen molar-refractivity contribution in [1.82, 2.24) is 5.32 Å². The zero-order valence-corrected chi connectivity index (χ0v) is 14.2. The lowest BCUT2D eigenvalue weighted by Gasteiger charge is -2.19. The Balaban J connectivity index is 1.44. The van der Waals surface area contributed by atoms with E-state index in [1.165, 1.54) is 25.7 Å². The number of anilines is 1. The zero-order chi connectivity index (χ0) is 16.8. The molecule has 2 amide bonds. The van der Waals surface area contributed by atoms with Crippen molar-refractivity contribution in [2.75, 3.05) is 11.9 Å². The number of rotatable bonds is 6. The first-order chi connectivity index (χ1) is 11.7. The number of nitrogens with one attached hydrogen (secondary N) is 2. The minimum atomic E-state index is -0.199. The Labute approximate surface area is 143 Å². The predicted molar refractivity (Wildman–Crippen MR) is 93.9 cm³/mol. The molecule has 0 heterocycles. The van der Waals surface area contributed by atoms with Gasteiger partial charge in [0.15, 0.2) is 0 Å². The molecule has 0 saturated heterocycles. The van der Waals surface area contributed by atoms with Crippen LogP contribution >= 0.6 is 0 Å². The van der Waals surface area contributed by atoms with E-state index >= 15 is 0 Å². The highest BCUT2D eigenvalue weighted by atomic mass is 16.5. The second-order valence-corrected chi connectivity index (χ2v) is 6.99. The first-order valence-corrected chi connectivity index (χ1v) is 9.13. The summed E-state index contributed by atoms with van der Waals surface area (Å²) in [6.07, 6.45) is 8.31. The van der Waals surface area contributed by atoms with Gasteiger partial charge in [0.05, 0.1) is 12.7 Å². The number of benzene rings is 1. The smallest absolute Gasteiger partial charge is 0.319 e. The molecule has 3 N–H and O–H groups in total. The summed E-state index contributed by atoms with van der Waals surface area (Å²) >= 11 is 0. The SMILES string of the molecule is O=C(Nc1ccc(COC2CCCC2)cc1)N[C@H]1CCC[C@@H]1CO. The summed E-state index contributed by atoms with van der Waals surface area (Å²) in [5, 5.41) is 15.2. The standard InChI is InChI=1S/C19H28N2O3/c22-12-15-4-3-7-18(15)21-19(23)20-16-10-8-14(9-11-16)13-24-17-5-1-2-6-17/h8-11,15,17-18,22H,1-7,12-13H2,(H2,20,21,23)/t15-,18+/m1/s1. The molecule has 0 radical (unpaired) electrons. The fourth-order valence-electron chi connectivity index (χ4n) is 3.73. The number of carbonyl (C=O) groups excluding carboxylic acids is 1. The van der Waals surface area contributed by atoms with Crippen LogP contribution < -0.4 is 10.6 Å². The fourth-order valence-corrected chi connectivity index (χ4v) is 3.73. The van der Waals surface area contributed by atoms with Gasteiger partial charge < -0.3 is 20.5 Å². The molecule has 0 aromatic heterocycles. The topological polar surface area (TPSA) is 70.6 Å². The Hall–Kier alpha value is -1.59. The fraction of sp³-hybridized carbons (Fsp3) is 0.632. The van der Waals surface area contributed by atoms with Gasteiger partial charge in [0.2, 0.25) is 0 Å². The van der Waals surface area contributed by atoms with Crippen LogP contribution in [0, 0.1) is 5.92 Å². The minimum absolute atomic E-state index is 0.0779. The number of aliphatic hydroxyl groups is 1. The first kappa shape index (κ1) is 17.2. The number of hydrogen-bond acceptors (Lipinski definition) is 3. The maximum Gasteiger partial charge on any atom is 0.319 e. The summed E-state index contributed by atoms with van der Waals surface area (Å²) < 4.78 is 5.90. The summed E-state index contributed by atoms with van der Waals surface area (Å²) in [5.41, 5.74) is 1.90. The Morgan fingerprint density at radius 3 is 2.54 bits per heavy atom. The van der Waals surface area contributed by atoms with Crippen molar-refractivity contribution in [2.24, 2.45) is 5.92 Å². The van der Waals surface area contributed by atoms with Gasteiger partial charge in [-0.05, 0) is 43.4 Å². The van der Waals surface area contributed by atoms with Crippen LogP contribution in [0.2, 0.25) is 0 Å². The van der Waals surface area contributed by atoms with E-state index in [4.69, 9.17) is 4.74 Å². The van der Waals surface area contributed by atoms with Crippen LogP contribution in [-0.2, 0) is 11.3 Å². The first-order valence-electron chi connectivity index (χ1n) is 9.13. The number of hydrogen-bond donors (Lipinski definition) is 3. The van der Waals surface area contributed by atoms with Gasteiger partial charge in [0.1, 0.15) is 0 Å². The third-order valence-corrected chi connectivity index (χ3v) is 5.21. The largest absolute Gasteiger partial charge is 0.396 e. The maximum atomic E-state index is 12.1. The molecule has 132 valence electrons. The maximum absolute atomic E-state index is 12.1. The van der Waals surface area contributed by atoms with Gasteiger partial charge in [0.25, 0.3) is 0 Å². The van der Waals surface area contributed by atoms with E-state index in [1.54, 1.807) is 0 Å². The average Bonchev–Trinajstić information content (AvgIpc) is 3.25. The van der Waals surface area contributed by atoms with E-state index in [9.17, 15) is 9.90 Å². The van der Waals surface area contributed by atoms with Crippen molar-refractivity contribution in [3.8, 4) is 0 Å². The molecular formula is C19H28N2O3. The van der Waals surface area contributed by atoms with Gasteiger partial charge in [0, 0.05) is 24.3 Å². The lowest BCUT2D eigenvalue weighted by Crippen LogP contribution is -2.41. The molecule has 2 aliphatic rings. The van der Waals surface area contributed by atoms with Crippen LogP contribution in [0.4, 0.5) is 10.5 Å². The summed E-state index contributed by atoms with van der Waals surface area (Å²) in [4.78, 5) is 12.1. The van der Waals surface area contributed by atoms with Gasteiger partial charge in [-0.15, -0.1) is 0 Å². The molecule has 2 saturated carbocycles. The monoisotopic (exact) mass is 332 g/mol. The third-order valence-electron chi connectivity index (χ3n) is 5.21. The highest BCUT2D eigenvalue weighted by Gasteiger charge is 2.27. The third kappa shape index (κ3) is 4.71. The average molecular weight is 332 g/mol. The van der Waals surface area contributed by atoms with E-state index in [0.29, 0.717) is 12.7 Å². The van der Waals surface area contributed by atoms with Crippen LogP contribution in [0.3, 0.4) is 0 Å². The minimum Gasteiger partial charge on any atom is -0.396 e. The van der Waals surface area contributed by atoms with Crippen molar-refractivity contribution < 1.29 is 14.6 Å². The summed E-state index contributed by atoms with van der Waals surface area (Å²) in [7, 11) is 0. The van der Waals surface area contributed by atoms with Gasteiger partial charge in [-0.25, -0.2) is 4.79 Å². The van der Waals surface area contributed by atoms with Crippen molar-refractivity contribution in [1.29, 1.82) is 0 Å². The Morgan fingerprint density at radius 1 is 1.08 bits per heavy atom. The van der Waals surface area contributed by atoms with Gasteiger partial charge >= 0.3 is 6.03 Å². The Kier molecular flexibility index (Phi) is 6.10. The van der Waals surface area contributed by atoms with Crippen LogP contribution in [0.15, 0.2) is 24.3 Å². The quantitative estimate of drug-likeness (QED) is 0.747. The number of amides is 2. The van der Waals surface area contributed by atoms with E-state index in [2.05, 4.69) is 10.6 Å². The molecule has 0 spiro atoms. The van der Waals surface area contributed by atoms with Crippen molar-refractivity contribution >= 4 is 11.7 Å². The zero-order valence-electron chi connectivity index (χ0n) is 14.2. The van der Waals surface area contributed by atoms with Crippen LogP contribution in [-0.4, -0.2) is 29.9 Å². The Bertz CT molecular complexity index is 526. The van der Waals surface area contributed by atoms with E-state index < -0.39 is 0 Å². The molecule has 24 heavy (non-hydrogen) atoms. The van der Waals surface area contributed by atoms with Crippen LogP contribution in [0.1, 0.15) is 50.5 Å². The van der Waals surface area contributed by atoms with Crippen molar-refractivity contribution in [3.05, 3.63) is 29.8 Å². The second-order valence-electron chi connectivity index (χ2n) is 6.99. The molecule has 1 aromatic carbocycles. The van der Waals surface area contributed by atoms with Crippen molar-refractivity contribution in [3.63, 3.8) is 0 Å². The molecule has 5 nitrogen and oxygen atoms in total. The predicted octanol–water partition coefficient (Wildman–Crippen LogP) is 3.43. The summed E-state index contributed by atoms with van der Waals surface area (Å²) in [5.74, 6) is 0.186. The van der Waals surface area contributed by atoms with Gasteiger partial charge in [-0.1, -0.05) is 31.4 Å². The van der Waals surface area contributed by atoms with E-state index in [-0.39, 0.29) is 24.6 Å². The second kappa shape index (κ2) is 8.49. The molecule has 2 atom stereocenters. The molecule has 0 unspecified atom stereocenters.